The molecule has 0 aliphatic heterocycles. The minimum absolute atomic E-state index is 0.0191. The molecule has 0 aliphatic rings. The van der Waals surface area contributed by atoms with Crippen LogP contribution in [0.15, 0.2) is 17.2 Å². The van der Waals surface area contributed by atoms with Gasteiger partial charge in [0, 0.05) is 24.3 Å². The SMILES string of the molecule is Cc1cc(=O)n(C(C)CN)cn1. The highest BCUT2D eigenvalue weighted by molar-refractivity contribution is 4.96. The predicted molar refractivity (Wildman–Crippen MR) is 47.0 cm³/mol. The zero-order valence-electron chi connectivity index (χ0n) is 7.32. The summed E-state index contributed by atoms with van der Waals surface area (Å²) in [7, 11) is 0. The van der Waals surface area contributed by atoms with Crippen LogP contribution in [0.3, 0.4) is 0 Å². The molecule has 0 amide bonds. The number of rotatable bonds is 2. The highest BCUT2D eigenvalue weighted by Crippen LogP contribution is 1.97. The molecule has 1 heterocycles. The summed E-state index contributed by atoms with van der Waals surface area (Å²) < 4.78 is 1.53. The van der Waals surface area contributed by atoms with Crippen molar-refractivity contribution in [1.82, 2.24) is 9.55 Å². The molecular formula is C8H13N3O. The summed E-state index contributed by atoms with van der Waals surface area (Å²) in [4.78, 5) is 15.3. The molecule has 1 rings (SSSR count). The molecule has 66 valence electrons. The summed E-state index contributed by atoms with van der Waals surface area (Å²) in [6, 6.07) is 1.53. The second-order valence-electron chi connectivity index (χ2n) is 2.86. The lowest BCUT2D eigenvalue weighted by Crippen LogP contribution is -2.27. The van der Waals surface area contributed by atoms with Crippen LogP contribution in [-0.4, -0.2) is 16.1 Å². The Balaban J connectivity index is 3.10. The molecule has 0 bridgehead atoms. The monoisotopic (exact) mass is 167 g/mol. The largest absolute Gasteiger partial charge is 0.328 e. The van der Waals surface area contributed by atoms with Gasteiger partial charge in [0.05, 0.1) is 6.33 Å². The topological polar surface area (TPSA) is 60.9 Å². The molecule has 4 nitrogen and oxygen atoms in total. The van der Waals surface area contributed by atoms with E-state index in [1.54, 1.807) is 6.92 Å². The Morgan fingerprint density at radius 2 is 2.42 bits per heavy atom. The zero-order chi connectivity index (χ0) is 9.14. The summed E-state index contributed by atoms with van der Waals surface area (Å²) >= 11 is 0. The molecule has 0 aliphatic carbocycles. The van der Waals surface area contributed by atoms with E-state index >= 15 is 0 Å². The van der Waals surface area contributed by atoms with Gasteiger partial charge in [-0.2, -0.15) is 0 Å². The van der Waals surface area contributed by atoms with Gasteiger partial charge in [0.15, 0.2) is 0 Å². The molecule has 1 atom stereocenters. The Morgan fingerprint density at radius 1 is 1.75 bits per heavy atom. The van der Waals surface area contributed by atoms with Gasteiger partial charge in [-0.3, -0.25) is 9.36 Å². The maximum Gasteiger partial charge on any atom is 0.253 e. The van der Waals surface area contributed by atoms with Crippen molar-refractivity contribution in [1.29, 1.82) is 0 Å². The summed E-state index contributed by atoms with van der Waals surface area (Å²) in [5, 5.41) is 0. The Labute approximate surface area is 71.0 Å². The van der Waals surface area contributed by atoms with E-state index in [1.165, 1.54) is 17.0 Å². The number of nitrogens with zero attached hydrogens (tertiary/aromatic N) is 2. The number of hydrogen-bond acceptors (Lipinski definition) is 3. The van der Waals surface area contributed by atoms with Crippen molar-refractivity contribution in [2.24, 2.45) is 5.73 Å². The summed E-state index contributed by atoms with van der Waals surface area (Å²) in [6.07, 6.45) is 1.54. The fourth-order valence-electron chi connectivity index (χ4n) is 0.945. The van der Waals surface area contributed by atoms with Crippen molar-refractivity contribution >= 4 is 0 Å². The Kier molecular flexibility index (Phi) is 2.60. The van der Waals surface area contributed by atoms with Crippen LogP contribution in [-0.2, 0) is 0 Å². The third-order valence-electron chi connectivity index (χ3n) is 1.79. The Hall–Kier alpha value is -1.16. The van der Waals surface area contributed by atoms with Crippen molar-refractivity contribution in [3.8, 4) is 0 Å². The number of aromatic nitrogens is 2. The molecule has 1 aromatic rings. The highest BCUT2D eigenvalue weighted by atomic mass is 16.1. The molecule has 0 saturated carbocycles. The Bertz CT molecular complexity index is 318. The third kappa shape index (κ3) is 1.71. The van der Waals surface area contributed by atoms with Gasteiger partial charge in [-0.25, -0.2) is 4.98 Å². The van der Waals surface area contributed by atoms with Crippen molar-refractivity contribution in [2.75, 3.05) is 6.54 Å². The van der Waals surface area contributed by atoms with Crippen molar-refractivity contribution in [3.63, 3.8) is 0 Å². The molecule has 1 aromatic heterocycles. The van der Waals surface area contributed by atoms with Crippen LogP contribution >= 0.6 is 0 Å². The van der Waals surface area contributed by atoms with Crippen molar-refractivity contribution < 1.29 is 0 Å². The fraction of sp³-hybridized carbons (Fsp3) is 0.500. The number of hydrogen-bond donors (Lipinski definition) is 1. The van der Waals surface area contributed by atoms with E-state index in [4.69, 9.17) is 5.73 Å². The first-order chi connectivity index (χ1) is 5.65. The van der Waals surface area contributed by atoms with Gasteiger partial charge >= 0.3 is 0 Å². The normalized spacial score (nSPS) is 12.9. The number of nitrogens with two attached hydrogens (primary N) is 1. The smallest absolute Gasteiger partial charge is 0.253 e. The molecule has 12 heavy (non-hydrogen) atoms. The molecule has 2 N–H and O–H groups in total. The molecule has 0 aromatic carbocycles. The second-order valence-corrected chi connectivity index (χ2v) is 2.86. The van der Waals surface area contributed by atoms with Gasteiger partial charge in [-0.1, -0.05) is 0 Å². The van der Waals surface area contributed by atoms with Crippen LogP contribution in [0.5, 0.6) is 0 Å². The van der Waals surface area contributed by atoms with Crippen LogP contribution in [0.1, 0.15) is 18.7 Å². The molecule has 0 spiro atoms. The average Bonchev–Trinajstić information content (AvgIpc) is 2.03. The van der Waals surface area contributed by atoms with Gasteiger partial charge in [-0.05, 0) is 13.8 Å². The molecule has 1 unspecified atom stereocenters. The quantitative estimate of drug-likeness (QED) is 0.678. The van der Waals surface area contributed by atoms with E-state index in [2.05, 4.69) is 4.98 Å². The maximum absolute atomic E-state index is 11.3. The number of aryl methyl sites for hydroxylation is 1. The second kappa shape index (κ2) is 3.49. The predicted octanol–water partition coefficient (Wildman–Crippen LogP) is 0.0714. The van der Waals surface area contributed by atoms with E-state index in [9.17, 15) is 4.79 Å². The molecule has 0 saturated heterocycles. The minimum Gasteiger partial charge on any atom is -0.328 e. The first-order valence-corrected chi connectivity index (χ1v) is 3.90. The van der Waals surface area contributed by atoms with Gasteiger partial charge in [0.1, 0.15) is 0 Å². The standard InChI is InChI=1S/C8H13N3O/c1-6-3-8(12)11(5-10-6)7(2)4-9/h3,5,7H,4,9H2,1-2H3. The van der Waals surface area contributed by atoms with Crippen LogP contribution in [0.2, 0.25) is 0 Å². The molecule has 0 fully saturated rings. The summed E-state index contributed by atoms with van der Waals surface area (Å²) in [5.41, 5.74) is 6.12. The van der Waals surface area contributed by atoms with E-state index in [1.807, 2.05) is 6.92 Å². The highest BCUT2D eigenvalue weighted by Gasteiger charge is 2.03. The van der Waals surface area contributed by atoms with Crippen molar-refractivity contribution in [3.05, 3.63) is 28.4 Å². The minimum atomic E-state index is -0.0412. The molecular weight excluding hydrogens is 154 g/mol. The molecule has 0 radical (unpaired) electrons. The van der Waals surface area contributed by atoms with Gasteiger partial charge in [0.2, 0.25) is 0 Å². The fourth-order valence-corrected chi connectivity index (χ4v) is 0.945. The van der Waals surface area contributed by atoms with Crippen molar-refractivity contribution in [2.45, 2.75) is 19.9 Å². The van der Waals surface area contributed by atoms with E-state index in [-0.39, 0.29) is 11.6 Å². The van der Waals surface area contributed by atoms with Crippen LogP contribution in [0, 0.1) is 6.92 Å². The third-order valence-corrected chi connectivity index (χ3v) is 1.79. The first kappa shape index (κ1) is 8.93. The van der Waals surface area contributed by atoms with E-state index < -0.39 is 0 Å². The van der Waals surface area contributed by atoms with Gasteiger partial charge in [-0.15, -0.1) is 0 Å². The van der Waals surface area contributed by atoms with Crippen LogP contribution in [0.25, 0.3) is 0 Å². The van der Waals surface area contributed by atoms with E-state index in [0.29, 0.717) is 6.54 Å². The van der Waals surface area contributed by atoms with Crippen LogP contribution in [0.4, 0.5) is 0 Å². The van der Waals surface area contributed by atoms with Gasteiger partial charge in [0.25, 0.3) is 5.56 Å². The summed E-state index contributed by atoms with van der Waals surface area (Å²) in [6.45, 7) is 4.13. The maximum atomic E-state index is 11.3. The first-order valence-electron chi connectivity index (χ1n) is 3.90. The van der Waals surface area contributed by atoms with Crippen LogP contribution < -0.4 is 11.3 Å². The zero-order valence-corrected chi connectivity index (χ0v) is 7.32. The average molecular weight is 167 g/mol. The van der Waals surface area contributed by atoms with Gasteiger partial charge < -0.3 is 5.73 Å². The lowest BCUT2D eigenvalue weighted by atomic mass is 10.3. The lowest BCUT2D eigenvalue weighted by Gasteiger charge is -2.11. The lowest BCUT2D eigenvalue weighted by molar-refractivity contribution is 0.530. The molecule has 4 heteroatoms. The van der Waals surface area contributed by atoms with E-state index in [0.717, 1.165) is 5.69 Å². The Morgan fingerprint density at radius 3 is 2.92 bits per heavy atom. The summed E-state index contributed by atoms with van der Waals surface area (Å²) in [5.74, 6) is 0.